The number of nitrogens with zero attached hydrogens (tertiary/aromatic N) is 1. The molecule has 0 aliphatic carbocycles. The maximum absolute atomic E-state index is 13.6. The average molecular weight is 483 g/mol. The zero-order valence-corrected chi connectivity index (χ0v) is 21.2. The third kappa shape index (κ3) is 4.80. The van der Waals surface area contributed by atoms with E-state index in [-0.39, 0.29) is 17.7 Å². The van der Waals surface area contributed by atoms with E-state index in [1.54, 1.807) is 26.1 Å². The number of aryl methyl sites for hydroxylation is 3. The summed E-state index contributed by atoms with van der Waals surface area (Å²) in [6.45, 7) is 7.65. The summed E-state index contributed by atoms with van der Waals surface area (Å²) < 4.78 is 7.06. The summed E-state index contributed by atoms with van der Waals surface area (Å²) in [4.78, 5) is 39.8. The number of pyridine rings is 1. The lowest BCUT2D eigenvalue weighted by Crippen LogP contribution is -2.34. The predicted octanol–water partition coefficient (Wildman–Crippen LogP) is 5.70. The number of ether oxygens (including phenoxy) is 1. The summed E-state index contributed by atoms with van der Waals surface area (Å²) in [6, 6.07) is 20.7. The molecule has 0 saturated carbocycles. The Morgan fingerprint density at radius 1 is 0.917 bits per heavy atom. The van der Waals surface area contributed by atoms with Crippen molar-refractivity contribution in [2.45, 2.75) is 40.2 Å². The first-order chi connectivity index (χ1) is 17.2. The Kier molecular flexibility index (Phi) is 7.06. The summed E-state index contributed by atoms with van der Waals surface area (Å²) >= 11 is 0. The molecule has 0 fully saturated rings. The van der Waals surface area contributed by atoms with Gasteiger partial charge in [0.15, 0.2) is 6.10 Å². The summed E-state index contributed by atoms with van der Waals surface area (Å²) in [5.41, 5.74) is 4.94. The highest BCUT2D eigenvalue weighted by molar-refractivity contribution is 6.07. The highest BCUT2D eigenvalue weighted by Crippen LogP contribution is 2.31. The molecule has 0 saturated heterocycles. The van der Waals surface area contributed by atoms with Crippen LogP contribution in [0.15, 0.2) is 71.5 Å². The van der Waals surface area contributed by atoms with Crippen molar-refractivity contribution >= 4 is 28.3 Å². The smallest absolute Gasteiger partial charge is 0.356 e. The largest absolute Gasteiger partial charge is 0.448 e. The number of aromatic nitrogens is 1. The topological polar surface area (TPSA) is 77.4 Å². The van der Waals surface area contributed by atoms with Crippen LogP contribution in [0.3, 0.4) is 0 Å². The summed E-state index contributed by atoms with van der Waals surface area (Å²) in [6.07, 6.45) is -0.741. The standard InChI is InChI=1S/C30H30N2O4/c1-6-25(28(33)31-24-16-13-19(3)17-20(24)4)36-30(35)27-26(21-14-11-18(2)12-15-21)22-9-7-8-10-23(22)29(34)32(27)5/h7-17,25H,6H2,1-5H3,(H,31,33). The molecule has 4 rings (SSSR count). The molecule has 1 N–H and O–H groups in total. The van der Waals surface area contributed by atoms with E-state index < -0.39 is 18.0 Å². The van der Waals surface area contributed by atoms with Crippen LogP contribution in [0.1, 0.15) is 40.5 Å². The van der Waals surface area contributed by atoms with Crippen LogP contribution in [-0.4, -0.2) is 22.5 Å². The Balaban J connectivity index is 1.75. The first-order valence-corrected chi connectivity index (χ1v) is 12.0. The monoisotopic (exact) mass is 482 g/mol. The fourth-order valence-electron chi connectivity index (χ4n) is 4.39. The minimum Gasteiger partial charge on any atom is -0.448 e. The quantitative estimate of drug-likeness (QED) is 0.357. The molecule has 0 spiro atoms. The first kappa shape index (κ1) is 24.9. The van der Waals surface area contributed by atoms with Crippen molar-refractivity contribution in [3.05, 3.63) is 99.5 Å². The van der Waals surface area contributed by atoms with Gasteiger partial charge in [-0.1, -0.05) is 72.6 Å². The van der Waals surface area contributed by atoms with Gasteiger partial charge in [0.1, 0.15) is 5.69 Å². The zero-order valence-electron chi connectivity index (χ0n) is 21.2. The van der Waals surface area contributed by atoms with Gasteiger partial charge >= 0.3 is 5.97 Å². The third-order valence-electron chi connectivity index (χ3n) is 6.39. The van der Waals surface area contributed by atoms with Crippen LogP contribution >= 0.6 is 0 Å². The maximum atomic E-state index is 13.6. The van der Waals surface area contributed by atoms with Gasteiger partial charge in [-0.05, 0) is 55.8 Å². The highest BCUT2D eigenvalue weighted by Gasteiger charge is 2.28. The lowest BCUT2D eigenvalue weighted by molar-refractivity contribution is -0.124. The normalized spacial score (nSPS) is 11.8. The van der Waals surface area contributed by atoms with Gasteiger partial charge in [-0.3, -0.25) is 9.59 Å². The van der Waals surface area contributed by atoms with Crippen LogP contribution in [-0.2, 0) is 16.6 Å². The van der Waals surface area contributed by atoms with Crippen molar-refractivity contribution in [2.75, 3.05) is 5.32 Å². The summed E-state index contributed by atoms with van der Waals surface area (Å²) in [5, 5.41) is 4.03. The second kappa shape index (κ2) is 10.2. The molecule has 6 nitrogen and oxygen atoms in total. The number of hydrogen-bond acceptors (Lipinski definition) is 4. The molecule has 0 aliphatic heterocycles. The summed E-state index contributed by atoms with van der Waals surface area (Å²) in [7, 11) is 1.56. The second-order valence-corrected chi connectivity index (χ2v) is 9.11. The van der Waals surface area contributed by atoms with E-state index in [1.807, 2.05) is 75.4 Å². The fourth-order valence-corrected chi connectivity index (χ4v) is 4.39. The molecule has 36 heavy (non-hydrogen) atoms. The van der Waals surface area contributed by atoms with Gasteiger partial charge in [0, 0.05) is 23.7 Å². The van der Waals surface area contributed by atoms with Crippen LogP contribution < -0.4 is 10.9 Å². The van der Waals surface area contributed by atoms with Crippen molar-refractivity contribution in [2.24, 2.45) is 7.05 Å². The van der Waals surface area contributed by atoms with Gasteiger partial charge in [-0.2, -0.15) is 0 Å². The number of fused-ring (bicyclic) bond motifs is 1. The Morgan fingerprint density at radius 2 is 1.56 bits per heavy atom. The van der Waals surface area contributed by atoms with Crippen molar-refractivity contribution in [3.8, 4) is 11.1 Å². The Bertz CT molecular complexity index is 1520. The van der Waals surface area contributed by atoms with E-state index in [1.165, 1.54) is 4.57 Å². The lowest BCUT2D eigenvalue weighted by Gasteiger charge is -2.20. The lowest BCUT2D eigenvalue weighted by atomic mass is 9.96. The van der Waals surface area contributed by atoms with Crippen LogP contribution in [0.25, 0.3) is 21.9 Å². The minimum atomic E-state index is -1.02. The van der Waals surface area contributed by atoms with Gasteiger partial charge in [0.05, 0.1) is 0 Å². The third-order valence-corrected chi connectivity index (χ3v) is 6.39. The highest BCUT2D eigenvalue weighted by atomic mass is 16.5. The molecule has 1 amide bonds. The van der Waals surface area contributed by atoms with E-state index >= 15 is 0 Å². The molecule has 0 bridgehead atoms. The minimum absolute atomic E-state index is 0.111. The first-order valence-electron chi connectivity index (χ1n) is 12.0. The van der Waals surface area contributed by atoms with Gasteiger partial charge in [0.2, 0.25) is 0 Å². The van der Waals surface area contributed by atoms with Crippen molar-refractivity contribution in [1.82, 2.24) is 4.57 Å². The molecule has 1 heterocycles. The van der Waals surface area contributed by atoms with Crippen LogP contribution in [0.5, 0.6) is 0 Å². The number of esters is 1. The van der Waals surface area contributed by atoms with Gasteiger partial charge < -0.3 is 14.6 Å². The van der Waals surface area contributed by atoms with Gasteiger partial charge in [0.25, 0.3) is 11.5 Å². The van der Waals surface area contributed by atoms with Crippen molar-refractivity contribution in [1.29, 1.82) is 0 Å². The molecule has 1 atom stereocenters. The van der Waals surface area contributed by atoms with E-state index in [2.05, 4.69) is 5.32 Å². The molecule has 0 radical (unpaired) electrons. The Hall–Kier alpha value is -4.19. The molecule has 4 aromatic rings. The number of amides is 1. The zero-order chi connectivity index (χ0) is 26.0. The van der Waals surface area contributed by atoms with Crippen LogP contribution in [0, 0.1) is 20.8 Å². The van der Waals surface area contributed by atoms with Crippen LogP contribution in [0.4, 0.5) is 5.69 Å². The molecule has 1 aromatic heterocycles. The molecule has 184 valence electrons. The number of anilines is 1. The summed E-state index contributed by atoms with van der Waals surface area (Å²) in [5.74, 6) is -1.14. The molecule has 1 unspecified atom stereocenters. The van der Waals surface area contributed by atoms with E-state index in [0.29, 0.717) is 22.0 Å². The number of nitrogens with one attached hydrogen (secondary N) is 1. The maximum Gasteiger partial charge on any atom is 0.356 e. The molecular weight excluding hydrogens is 452 g/mol. The molecular formula is C30H30N2O4. The van der Waals surface area contributed by atoms with E-state index in [0.717, 1.165) is 22.3 Å². The van der Waals surface area contributed by atoms with Gasteiger partial charge in [-0.15, -0.1) is 0 Å². The van der Waals surface area contributed by atoms with E-state index in [9.17, 15) is 14.4 Å². The number of carbonyl (C=O) groups excluding carboxylic acids is 2. The second-order valence-electron chi connectivity index (χ2n) is 9.11. The predicted molar refractivity (Wildman–Crippen MR) is 143 cm³/mol. The number of hydrogen-bond donors (Lipinski definition) is 1. The fraction of sp³-hybridized carbons (Fsp3) is 0.233. The number of rotatable bonds is 6. The average Bonchev–Trinajstić information content (AvgIpc) is 2.86. The van der Waals surface area contributed by atoms with Gasteiger partial charge in [-0.25, -0.2) is 4.79 Å². The Labute approximate surface area is 210 Å². The SMILES string of the molecule is CCC(OC(=O)c1c(-c2ccc(C)cc2)c2ccccc2c(=O)n1C)C(=O)Nc1ccc(C)cc1C. The van der Waals surface area contributed by atoms with E-state index in [4.69, 9.17) is 4.74 Å². The molecule has 3 aromatic carbocycles. The number of carbonyl (C=O) groups is 2. The van der Waals surface area contributed by atoms with Crippen LogP contribution in [0.2, 0.25) is 0 Å². The van der Waals surface area contributed by atoms with Crippen molar-refractivity contribution < 1.29 is 14.3 Å². The molecule has 6 heteroatoms. The number of benzene rings is 3. The van der Waals surface area contributed by atoms with Crippen molar-refractivity contribution in [3.63, 3.8) is 0 Å². The Morgan fingerprint density at radius 3 is 2.19 bits per heavy atom. The molecule has 0 aliphatic rings.